The third kappa shape index (κ3) is 1.86. The summed E-state index contributed by atoms with van der Waals surface area (Å²) in [4.78, 5) is 11.5. The van der Waals surface area contributed by atoms with Crippen LogP contribution in [-0.2, 0) is 13.6 Å². The fourth-order valence-electron chi connectivity index (χ4n) is 1.36. The summed E-state index contributed by atoms with van der Waals surface area (Å²) >= 11 is 5.85. The van der Waals surface area contributed by atoms with E-state index in [1.807, 2.05) is 0 Å². The summed E-state index contributed by atoms with van der Waals surface area (Å²) in [5.74, 6) is -0.440. The number of aryl methyl sites for hydroxylation is 1. The zero-order valence-electron chi connectivity index (χ0n) is 8.52. The molecule has 4 nitrogen and oxygen atoms in total. The van der Waals surface area contributed by atoms with Crippen LogP contribution >= 0.6 is 11.6 Å². The van der Waals surface area contributed by atoms with Gasteiger partial charge in [-0.05, 0) is 12.1 Å². The van der Waals surface area contributed by atoms with Crippen molar-refractivity contribution in [2.45, 2.75) is 6.54 Å². The lowest BCUT2D eigenvalue weighted by molar-refractivity contribution is 0.575. The van der Waals surface area contributed by atoms with E-state index in [0.29, 0.717) is 0 Å². The van der Waals surface area contributed by atoms with Gasteiger partial charge in [0.1, 0.15) is 12.1 Å². The highest BCUT2D eigenvalue weighted by molar-refractivity contribution is 6.31. The van der Waals surface area contributed by atoms with Crippen LogP contribution in [-0.4, -0.2) is 14.3 Å². The van der Waals surface area contributed by atoms with Gasteiger partial charge in [0.25, 0.3) is 0 Å². The van der Waals surface area contributed by atoms with E-state index in [-0.39, 0.29) is 22.8 Å². The molecule has 84 valence electrons. The summed E-state index contributed by atoms with van der Waals surface area (Å²) in [5.41, 5.74) is -0.0377. The van der Waals surface area contributed by atoms with Gasteiger partial charge in [-0.25, -0.2) is 13.9 Å². The molecule has 2 rings (SSSR count). The van der Waals surface area contributed by atoms with Crippen molar-refractivity contribution in [3.8, 4) is 0 Å². The van der Waals surface area contributed by atoms with Gasteiger partial charge in [0.05, 0.1) is 6.54 Å². The lowest BCUT2D eigenvalue weighted by Gasteiger charge is -2.04. The Labute approximate surface area is 95.9 Å². The normalized spacial score (nSPS) is 10.7. The van der Waals surface area contributed by atoms with Crippen LogP contribution in [0.25, 0.3) is 0 Å². The second-order valence-electron chi connectivity index (χ2n) is 3.38. The lowest BCUT2D eigenvalue weighted by atomic mass is 10.2. The first kappa shape index (κ1) is 10.9. The average molecular weight is 242 g/mol. The van der Waals surface area contributed by atoms with E-state index in [9.17, 15) is 9.18 Å². The first-order chi connectivity index (χ1) is 7.59. The number of hydrogen-bond acceptors (Lipinski definition) is 2. The van der Waals surface area contributed by atoms with Crippen LogP contribution in [0.1, 0.15) is 5.56 Å². The summed E-state index contributed by atoms with van der Waals surface area (Å²) < 4.78 is 15.9. The highest BCUT2D eigenvalue weighted by Gasteiger charge is 2.10. The number of halogens is 2. The molecule has 6 heteroatoms. The molecule has 2 aromatic rings. The van der Waals surface area contributed by atoms with E-state index in [4.69, 9.17) is 11.6 Å². The molecule has 0 aliphatic rings. The molecule has 0 unspecified atom stereocenters. The fraction of sp³-hybridized carbons (Fsp3) is 0.200. The van der Waals surface area contributed by atoms with Crippen molar-refractivity contribution in [2.24, 2.45) is 7.05 Å². The van der Waals surface area contributed by atoms with E-state index in [0.717, 1.165) is 4.68 Å². The van der Waals surface area contributed by atoms with Crippen molar-refractivity contribution < 1.29 is 4.39 Å². The highest BCUT2D eigenvalue weighted by atomic mass is 35.5. The summed E-state index contributed by atoms with van der Waals surface area (Å²) in [7, 11) is 1.58. The molecule has 1 aromatic heterocycles. The molecule has 1 aromatic carbocycles. The monoisotopic (exact) mass is 241 g/mol. The van der Waals surface area contributed by atoms with E-state index in [1.165, 1.54) is 23.0 Å². The van der Waals surface area contributed by atoms with Gasteiger partial charge in [-0.1, -0.05) is 17.7 Å². The number of benzene rings is 1. The quantitative estimate of drug-likeness (QED) is 0.798. The van der Waals surface area contributed by atoms with Crippen LogP contribution in [0.5, 0.6) is 0 Å². The molecule has 0 aliphatic carbocycles. The lowest BCUT2D eigenvalue weighted by Crippen LogP contribution is -2.23. The van der Waals surface area contributed by atoms with Gasteiger partial charge in [0.15, 0.2) is 0 Å². The van der Waals surface area contributed by atoms with Crippen molar-refractivity contribution in [3.63, 3.8) is 0 Å². The molecular weight excluding hydrogens is 233 g/mol. The zero-order valence-corrected chi connectivity index (χ0v) is 9.28. The molecule has 16 heavy (non-hydrogen) atoms. The fourth-order valence-corrected chi connectivity index (χ4v) is 1.59. The van der Waals surface area contributed by atoms with Crippen molar-refractivity contribution >= 4 is 11.6 Å². The Morgan fingerprint density at radius 3 is 2.81 bits per heavy atom. The predicted molar refractivity (Wildman–Crippen MR) is 58.0 cm³/mol. The minimum Gasteiger partial charge on any atom is -0.285 e. The topological polar surface area (TPSA) is 39.8 Å². The smallest absolute Gasteiger partial charge is 0.285 e. The Morgan fingerprint density at radius 1 is 1.50 bits per heavy atom. The minimum atomic E-state index is -0.440. The average Bonchev–Trinajstić information content (AvgIpc) is 2.55. The van der Waals surface area contributed by atoms with Crippen LogP contribution in [0.15, 0.2) is 29.3 Å². The van der Waals surface area contributed by atoms with Gasteiger partial charge < -0.3 is 0 Å². The summed E-state index contributed by atoms with van der Waals surface area (Å²) in [5, 5.41) is 4.12. The number of nitrogens with zero attached hydrogens (tertiary/aromatic N) is 3. The van der Waals surface area contributed by atoms with Gasteiger partial charge in [-0.2, -0.15) is 5.10 Å². The molecule has 0 spiro atoms. The maximum absolute atomic E-state index is 13.4. The van der Waals surface area contributed by atoms with E-state index in [2.05, 4.69) is 5.10 Å². The molecule has 0 fully saturated rings. The number of hydrogen-bond donors (Lipinski definition) is 0. The minimum absolute atomic E-state index is 0.0329. The Bertz CT molecular complexity index is 555. The third-order valence-electron chi connectivity index (χ3n) is 2.26. The van der Waals surface area contributed by atoms with Gasteiger partial charge in [0, 0.05) is 17.6 Å². The highest BCUT2D eigenvalue weighted by Crippen LogP contribution is 2.19. The molecule has 0 saturated carbocycles. The molecule has 0 atom stereocenters. The van der Waals surface area contributed by atoms with Gasteiger partial charge in [0.2, 0.25) is 0 Å². The molecule has 0 radical (unpaired) electrons. The molecule has 0 bridgehead atoms. The van der Waals surface area contributed by atoms with Crippen LogP contribution in [0.4, 0.5) is 4.39 Å². The summed E-state index contributed by atoms with van der Waals surface area (Å²) in [6.45, 7) is 0.0329. The maximum Gasteiger partial charge on any atom is 0.345 e. The third-order valence-corrected chi connectivity index (χ3v) is 2.61. The van der Waals surface area contributed by atoms with Crippen molar-refractivity contribution in [2.75, 3.05) is 0 Å². The van der Waals surface area contributed by atoms with Crippen molar-refractivity contribution in [1.29, 1.82) is 0 Å². The molecule has 0 amide bonds. The molecular formula is C10H9ClFN3O. The molecule has 0 aliphatic heterocycles. The Hall–Kier alpha value is -1.62. The van der Waals surface area contributed by atoms with E-state index >= 15 is 0 Å². The van der Waals surface area contributed by atoms with Gasteiger partial charge in [-0.15, -0.1) is 0 Å². The molecule has 0 saturated heterocycles. The summed E-state index contributed by atoms with van der Waals surface area (Å²) in [6, 6.07) is 4.39. The second-order valence-corrected chi connectivity index (χ2v) is 3.79. The SMILES string of the molecule is Cn1cnn(Cc2c(F)cccc2Cl)c1=O. The first-order valence-electron chi connectivity index (χ1n) is 4.61. The standard InChI is InChI=1S/C10H9ClFN3O/c1-14-6-13-15(10(14)16)5-7-8(11)3-2-4-9(7)12/h2-4,6H,5H2,1H3. The number of rotatable bonds is 2. The molecule has 1 heterocycles. The van der Waals surface area contributed by atoms with Crippen LogP contribution in [0.2, 0.25) is 5.02 Å². The maximum atomic E-state index is 13.4. The Kier molecular flexibility index (Phi) is 2.78. The second kappa shape index (κ2) is 4.09. The van der Waals surface area contributed by atoms with Crippen molar-refractivity contribution in [1.82, 2.24) is 14.3 Å². The van der Waals surface area contributed by atoms with Crippen LogP contribution < -0.4 is 5.69 Å². The first-order valence-corrected chi connectivity index (χ1v) is 4.98. The van der Waals surface area contributed by atoms with Crippen LogP contribution in [0, 0.1) is 5.82 Å². The Morgan fingerprint density at radius 2 is 2.25 bits per heavy atom. The van der Waals surface area contributed by atoms with Crippen LogP contribution in [0.3, 0.4) is 0 Å². The van der Waals surface area contributed by atoms with Gasteiger partial charge in [-0.3, -0.25) is 4.57 Å². The zero-order chi connectivity index (χ0) is 11.7. The largest absolute Gasteiger partial charge is 0.345 e. The number of aromatic nitrogens is 3. The van der Waals surface area contributed by atoms with E-state index < -0.39 is 5.82 Å². The summed E-state index contributed by atoms with van der Waals surface area (Å²) in [6.07, 6.45) is 1.37. The van der Waals surface area contributed by atoms with Gasteiger partial charge >= 0.3 is 5.69 Å². The molecule has 0 N–H and O–H groups in total. The Balaban J connectivity index is 2.42. The van der Waals surface area contributed by atoms with Crippen molar-refractivity contribution in [3.05, 3.63) is 51.4 Å². The van der Waals surface area contributed by atoms with E-state index in [1.54, 1.807) is 13.1 Å². The predicted octanol–water partition coefficient (Wildman–Crippen LogP) is 1.42.